The molecule has 0 aromatic heterocycles. The van der Waals surface area contributed by atoms with Crippen LogP contribution in [-0.4, -0.2) is 35.0 Å². The minimum atomic E-state index is -0.323. The molecule has 0 fully saturated rings. The second-order valence-electron chi connectivity index (χ2n) is 12.2. The fourth-order valence-corrected chi connectivity index (χ4v) is 5.51. The highest BCUT2D eigenvalue weighted by molar-refractivity contribution is 5.85. The molecule has 0 aliphatic carbocycles. The van der Waals surface area contributed by atoms with Gasteiger partial charge in [0.25, 0.3) is 0 Å². The Balaban J connectivity index is 0. The fourth-order valence-electron chi connectivity index (χ4n) is 5.51. The van der Waals surface area contributed by atoms with Crippen LogP contribution in [0, 0.1) is 0 Å². The van der Waals surface area contributed by atoms with Gasteiger partial charge in [-0.05, 0) is 12.8 Å². The Bertz CT molecular complexity index is 464. The summed E-state index contributed by atoms with van der Waals surface area (Å²) in [5, 5.41) is 0. The number of hydrogen-bond donors (Lipinski definition) is 0. The second-order valence-corrected chi connectivity index (χ2v) is 12.2. The van der Waals surface area contributed by atoms with Crippen molar-refractivity contribution in [2.45, 2.75) is 219 Å². The predicted octanol–water partition coefficient (Wildman–Crippen LogP) is 11.7. The van der Waals surface area contributed by atoms with E-state index in [0.717, 1.165) is 25.7 Å². The van der Waals surface area contributed by atoms with Crippen LogP contribution in [0.4, 0.5) is 0 Å². The topological polar surface area (TPSA) is 43.4 Å². The Hall–Kier alpha value is -0.0938. The molecule has 236 valence electrons. The first-order valence-corrected chi connectivity index (χ1v) is 17.9. The summed E-state index contributed by atoms with van der Waals surface area (Å²) in [5.41, 5.74) is 0. The summed E-state index contributed by atoms with van der Waals surface area (Å²) in [6.45, 7) is 4.55. The van der Waals surface area contributed by atoms with Crippen molar-refractivity contribution in [1.29, 1.82) is 0 Å². The van der Waals surface area contributed by atoms with Crippen molar-refractivity contribution in [2.75, 3.05) is 0 Å². The number of unbranched alkanes of at least 4 members (excludes halogenated alkanes) is 28. The summed E-state index contributed by atoms with van der Waals surface area (Å²) in [6.07, 6.45) is 40.1. The number of esters is 2. The fraction of sp³-hybridized carbons (Fsp3) is 0.944. The zero-order valence-corrected chi connectivity index (χ0v) is 26.9. The minimum absolute atomic E-state index is 0. The van der Waals surface area contributed by atoms with E-state index in [0.29, 0.717) is 12.8 Å². The highest BCUT2D eigenvalue weighted by atomic mass is 24.3. The van der Waals surface area contributed by atoms with E-state index in [2.05, 4.69) is 13.8 Å². The van der Waals surface area contributed by atoms with Gasteiger partial charge in [-0.15, -0.1) is 0 Å². The van der Waals surface area contributed by atoms with E-state index in [-0.39, 0.29) is 35.0 Å². The third-order valence-corrected chi connectivity index (χ3v) is 8.20. The van der Waals surface area contributed by atoms with Gasteiger partial charge in [-0.3, -0.25) is 9.59 Å². The third kappa shape index (κ3) is 35.9. The maximum Gasteiger partial charge on any atom is 0.316 e. The molecule has 0 unspecified atom stereocenters. The summed E-state index contributed by atoms with van der Waals surface area (Å²) in [7, 11) is 0. The first-order valence-electron chi connectivity index (χ1n) is 17.9. The van der Waals surface area contributed by atoms with Gasteiger partial charge >= 0.3 is 35.0 Å². The molecule has 0 atom stereocenters. The molecule has 3 nitrogen and oxygen atoms in total. The highest BCUT2D eigenvalue weighted by Gasteiger charge is 2.09. The lowest BCUT2D eigenvalue weighted by Crippen LogP contribution is -2.11. The molecule has 0 saturated heterocycles. The first kappa shape index (κ1) is 42.0. The Kier molecular flexibility index (Phi) is 38.8. The van der Waals surface area contributed by atoms with E-state index in [1.54, 1.807) is 0 Å². The Morgan fingerprint density at radius 2 is 0.500 bits per heavy atom. The lowest BCUT2D eigenvalue weighted by atomic mass is 10.0. The molecule has 40 heavy (non-hydrogen) atoms. The van der Waals surface area contributed by atoms with Crippen LogP contribution in [-0.2, 0) is 14.3 Å². The van der Waals surface area contributed by atoms with E-state index < -0.39 is 0 Å². The standard InChI is InChI=1S/C36H70O3.Mg.2H/c1-3-5-7-9-11-13-15-17-19-21-23-25-27-29-31-33-35(37)39-36(38)34-32-30-28-26-24-22-20-18-16-14-12-10-8-6-4-2;;;/h3-34H2,1-2H3;;;. The van der Waals surface area contributed by atoms with Gasteiger partial charge in [0.2, 0.25) is 0 Å². The summed E-state index contributed by atoms with van der Waals surface area (Å²) in [5.74, 6) is -0.647. The monoisotopic (exact) mass is 577 g/mol. The van der Waals surface area contributed by atoms with Crippen LogP contribution in [0.2, 0.25) is 0 Å². The molecular formula is C36H72MgO3. The van der Waals surface area contributed by atoms with Gasteiger partial charge in [-0.1, -0.05) is 194 Å². The maximum absolute atomic E-state index is 11.9. The van der Waals surface area contributed by atoms with Crippen molar-refractivity contribution in [3.05, 3.63) is 0 Å². The van der Waals surface area contributed by atoms with Gasteiger partial charge in [0.15, 0.2) is 0 Å². The quantitative estimate of drug-likeness (QED) is 0.0346. The molecule has 0 aromatic carbocycles. The molecule has 0 aliphatic rings. The van der Waals surface area contributed by atoms with Crippen LogP contribution in [0.25, 0.3) is 0 Å². The van der Waals surface area contributed by atoms with E-state index >= 15 is 0 Å². The zero-order valence-electron chi connectivity index (χ0n) is 26.9. The Morgan fingerprint density at radius 1 is 0.325 bits per heavy atom. The first-order chi connectivity index (χ1) is 19.2. The number of carbonyl (C=O) groups is 2. The molecule has 0 saturated carbocycles. The normalized spacial score (nSPS) is 10.9. The molecule has 0 radical (unpaired) electrons. The predicted molar refractivity (Wildman–Crippen MR) is 179 cm³/mol. The van der Waals surface area contributed by atoms with Crippen LogP contribution in [0.15, 0.2) is 0 Å². The van der Waals surface area contributed by atoms with Crippen molar-refractivity contribution in [3.8, 4) is 0 Å². The van der Waals surface area contributed by atoms with E-state index in [1.807, 2.05) is 0 Å². The molecule has 4 heteroatoms. The highest BCUT2D eigenvalue weighted by Crippen LogP contribution is 2.15. The second kappa shape index (κ2) is 36.9. The average Bonchev–Trinajstić information content (AvgIpc) is 2.93. The smallest absolute Gasteiger partial charge is 0.316 e. The van der Waals surface area contributed by atoms with Crippen LogP contribution >= 0.6 is 0 Å². The summed E-state index contributed by atoms with van der Waals surface area (Å²) < 4.78 is 5.01. The Labute approximate surface area is 267 Å². The number of ether oxygens (including phenoxy) is 1. The molecule has 0 spiro atoms. The average molecular weight is 577 g/mol. The van der Waals surface area contributed by atoms with E-state index in [4.69, 9.17) is 4.74 Å². The Morgan fingerprint density at radius 3 is 0.700 bits per heavy atom. The molecule has 0 amide bonds. The van der Waals surface area contributed by atoms with Crippen molar-refractivity contribution >= 4 is 35.0 Å². The minimum Gasteiger partial charge on any atom is -0.393 e. The van der Waals surface area contributed by atoms with Gasteiger partial charge in [0, 0.05) is 12.8 Å². The van der Waals surface area contributed by atoms with Crippen molar-refractivity contribution in [1.82, 2.24) is 0 Å². The van der Waals surface area contributed by atoms with E-state index in [1.165, 1.54) is 167 Å². The molecule has 0 aliphatic heterocycles. The molecule has 0 bridgehead atoms. The summed E-state index contributed by atoms with van der Waals surface area (Å²) in [6, 6.07) is 0. The summed E-state index contributed by atoms with van der Waals surface area (Å²) >= 11 is 0. The molecule has 0 aromatic rings. The van der Waals surface area contributed by atoms with Crippen LogP contribution in [0.5, 0.6) is 0 Å². The molecule has 0 rings (SSSR count). The van der Waals surface area contributed by atoms with Crippen LogP contribution in [0.1, 0.15) is 219 Å². The lowest BCUT2D eigenvalue weighted by Gasteiger charge is -2.05. The maximum atomic E-state index is 11.9. The van der Waals surface area contributed by atoms with Gasteiger partial charge in [0.1, 0.15) is 0 Å². The van der Waals surface area contributed by atoms with Crippen molar-refractivity contribution in [3.63, 3.8) is 0 Å². The molecule has 0 N–H and O–H groups in total. The SMILES string of the molecule is CCCCCCCCCCCCCCCCCC(=O)OC(=O)CCCCCCCCCCCCCCCCC.[MgH2]. The molecular weight excluding hydrogens is 505 g/mol. The lowest BCUT2D eigenvalue weighted by molar-refractivity contribution is -0.159. The van der Waals surface area contributed by atoms with Crippen molar-refractivity contribution < 1.29 is 14.3 Å². The number of carbonyl (C=O) groups excluding carboxylic acids is 2. The number of rotatable bonds is 32. The molecule has 0 heterocycles. The van der Waals surface area contributed by atoms with Gasteiger partial charge in [-0.25, -0.2) is 0 Å². The van der Waals surface area contributed by atoms with E-state index in [9.17, 15) is 9.59 Å². The zero-order chi connectivity index (χ0) is 28.5. The van der Waals surface area contributed by atoms with Gasteiger partial charge in [-0.2, -0.15) is 0 Å². The largest absolute Gasteiger partial charge is 0.393 e. The third-order valence-electron chi connectivity index (χ3n) is 8.20. The van der Waals surface area contributed by atoms with Crippen molar-refractivity contribution in [2.24, 2.45) is 0 Å². The van der Waals surface area contributed by atoms with Crippen LogP contribution in [0.3, 0.4) is 0 Å². The summed E-state index contributed by atoms with van der Waals surface area (Å²) in [4.78, 5) is 23.8. The van der Waals surface area contributed by atoms with Gasteiger partial charge in [0.05, 0.1) is 0 Å². The van der Waals surface area contributed by atoms with Crippen LogP contribution < -0.4 is 0 Å². The number of hydrogen-bond acceptors (Lipinski definition) is 3. The van der Waals surface area contributed by atoms with Gasteiger partial charge < -0.3 is 4.74 Å².